The van der Waals surface area contributed by atoms with Gasteiger partial charge in [-0.1, -0.05) is 17.7 Å². The number of halogens is 1. The maximum atomic E-state index is 11.8. The Morgan fingerprint density at radius 1 is 1.59 bits per heavy atom. The number of benzene rings is 1. The van der Waals surface area contributed by atoms with E-state index in [-0.39, 0.29) is 12.6 Å². The van der Waals surface area contributed by atoms with E-state index in [1.807, 2.05) is 26.0 Å². The molecule has 2 amide bonds. The number of carbonyl (C=O) groups excluding carboxylic acids is 1. The van der Waals surface area contributed by atoms with Crippen molar-refractivity contribution in [2.24, 2.45) is 0 Å². The second kappa shape index (κ2) is 6.12. The summed E-state index contributed by atoms with van der Waals surface area (Å²) < 4.78 is 0. The van der Waals surface area contributed by atoms with Crippen LogP contribution in [0.3, 0.4) is 0 Å². The first-order valence-electron chi connectivity index (χ1n) is 5.27. The van der Waals surface area contributed by atoms with Crippen molar-refractivity contribution < 1.29 is 4.79 Å². The number of hydrogen-bond acceptors (Lipinski definition) is 2. The van der Waals surface area contributed by atoms with Crippen LogP contribution in [0.1, 0.15) is 12.5 Å². The van der Waals surface area contributed by atoms with E-state index in [1.165, 1.54) is 4.90 Å². The fourth-order valence-corrected chi connectivity index (χ4v) is 1.47. The Bertz CT molecular complexity index is 454. The van der Waals surface area contributed by atoms with Gasteiger partial charge in [-0.2, -0.15) is 5.26 Å². The minimum absolute atomic E-state index is 0.0714. The SMILES string of the molecule is CCN(CC#N)C(=O)Nc1ccc(C)c(Cl)c1. The monoisotopic (exact) mass is 251 g/mol. The minimum Gasteiger partial charge on any atom is -0.311 e. The van der Waals surface area contributed by atoms with E-state index in [1.54, 1.807) is 12.1 Å². The lowest BCUT2D eigenvalue weighted by Crippen LogP contribution is -2.35. The van der Waals surface area contributed by atoms with Gasteiger partial charge in [-0.05, 0) is 31.5 Å². The van der Waals surface area contributed by atoms with Gasteiger partial charge in [0.1, 0.15) is 6.54 Å². The average Bonchev–Trinajstić information content (AvgIpc) is 2.30. The molecule has 1 rings (SSSR count). The Kier molecular flexibility index (Phi) is 4.80. The molecule has 90 valence electrons. The molecule has 1 aromatic rings. The van der Waals surface area contributed by atoms with E-state index in [9.17, 15) is 4.79 Å². The van der Waals surface area contributed by atoms with Crippen LogP contribution < -0.4 is 5.32 Å². The first-order valence-corrected chi connectivity index (χ1v) is 5.65. The molecule has 1 aromatic carbocycles. The lowest BCUT2D eigenvalue weighted by molar-refractivity contribution is 0.220. The van der Waals surface area contributed by atoms with Gasteiger partial charge in [0.15, 0.2) is 0 Å². The van der Waals surface area contributed by atoms with Crippen molar-refractivity contribution in [3.63, 3.8) is 0 Å². The fourth-order valence-electron chi connectivity index (χ4n) is 1.29. The highest BCUT2D eigenvalue weighted by molar-refractivity contribution is 6.31. The summed E-state index contributed by atoms with van der Waals surface area (Å²) in [6.45, 7) is 4.27. The normalized spacial score (nSPS) is 9.53. The van der Waals surface area contributed by atoms with Gasteiger partial charge in [0.05, 0.1) is 6.07 Å². The van der Waals surface area contributed by atoms with Crippen LogP contribution in [0, 0.1) is 18.3 Å². The van der Waals surface area contributed by atoms with Gasteiger partial charge < -0.3 is 10.2 Å². The highest BCUT2D eigenvalue weighted by Crippen LogP contribution is 2.20. The van der Waals surface area contributed by atoms with Crippen LogP contribution in [0.15, 0.2) is 18.2 Å². The van der Waals surface area contributed by atoms with E-state index < -0.39 is 0 Å². The average molecular weight is 252 g/mol. The molecule has 0 saturated carbocycles. The van der Waals surface area contributed by atoms with Crippen LogP contribution in [-0.2, 0) is 0 Å². The molecule has 0 unspecified atom stereocenters. The predicted octanol–water partition coefficient (Wildman–Crippen LogP) is 3.03. The van der Waals surface area contributed by atoms with E-state index >= 15 is 0 Å². The van der Waals surface area contributed by atoms with Gasteiger partial charge in [0, 0.05) is 17.3 Å². The summed E-state index contributed by atoms with van der Waals surface area (Å²) in [5, 5.41) is 11.9. The molecule has 0 aliphatic rings. The molecule has 0 heterocycles. The van der Waals surface area contributed by atoms with Gasteiger partial charge in [-0.15, -0.1) is 0 Å². The van der Waals surface area contributed by atoms with Gasteiger partial charge >= 0.3 is 6.03 Å². The summed E-state index contributed by atoms with van der Waals surface area (Å²) in [6.07, 6.45) is 0. The lowest BCUT2D eigenvalue weighted by atomic mass is 10.2. The number of urea groups is 1. The quantitative estimate of drug-likeness (QED) is 0.840. The number of rotatable bonds is 3. The maximum absolute atomic E-state index is 11.8. The van der Waals surface area contributed by atoms with Gasteiger partial charge in [-0.25, -0.2) is 4.79 Å². The molecule has 4 nitrogen and oxygen atoms in total. The standard InChI is InChI=1S/C12H14ClN3O/c1-3-16(7-6-14)12(17)15-10-5-4-9(2)11(13)8-10/h4-5,8H,3,7H2,1-2H3,(H,15,17). The zero-order valence-electron chi connectivity index (χ0n) is 9.83. The number of hydrogen-bond donors (Lipinski definition) is 1. The number of amides is 2. The highest BCUT2D eigenvalue weighted by Gasteiger charge is 2.11. The Hall–Kier alpha value is -1.73. The van der Waals surface area contributed by atoms with E-state index in [0.717, 1.165) is 5.56 Å². The van der Waals surface area contributed by atoms with Crippen molar-refractivity contribution in [1.29, 1.82) is 5.26 Å². The number of carbonyl (C=O) groups is 1. The second-order valence-electron chi connectivity index (χ2n) is 3.57. The van der Waals surface area contributed by atoms with E-state index in [4.69, 9.17) is 16.9 Å². The van der Waals surface area contributed by atoms with Gasteiger partial charge in [-0.3, -0.25) is 0 Å². The molecule has 0 aromatic heterocycles. The molecule has 0 aliphatic carbocycles. The summed E-state index contributed by atoms with van der Waals surface area (Å²) in [6, 6.07) is 6.95. The fraction of sp³-hybridized carbons (Fsp3) is 0.333. The molecule has 0 spiro atoms. The second-order valence-corrected chi connectivity index (χ2v) is 3.97. The lowest BCUT2D eigenvalue weighted by Gasteiger charge is -2.18. The third-order valence-electron chi connectivity index (χ3n) is 2.35. The van der Waals surface area contributed by atoms with Gasteiger partial charge in [0.25, 0.3) is 0 Å². The van der Waals surface area contributed by atoms with Crippen LogP contribution in [-0.4, -0.2) is 24.0 Å². The molecule has 0 saturated heterocycles. The minimum atomic E-state index is -0.297. The van der Waals surface area contributed by atoms with Crippen molar-refractivity contribution in [3.05, 3.63) is 28.8 Å². The van der Waals surface area contributed by atoms with Crippen LogP contribution in [0.5, 0.6) is 0 Å². The summed E-state index contributed by atoms with van der Waals surface area (Å²) in [4.78, 5) is 13.2. The summed E-state index contributed by atoms with van der Waals surface area (Å²) in [5.74, 6) is 0. The highest BCUT2D eigenvalue weighted by atomic mass is 35.5. The summed E-state index contributed by atoms with van der Waals surface area (Å²) >= 11 is 5.95. The molecule has 17 heavy (non-hydrogen) atoms. The Balaban J connectivity index is 2.73. The summed E-state index contributed by atoms with van der Waals surface area (Å²) in [5.41, 5.74) is 1.58. The van der Waals surface area contributed by atoms with Crippen molar-refractivity contribution in [2.75, 3.05) is 18.4 Å². The maximum Gasteiger partial charge on any atom is 0.322 e. The molecule has 1 N–H and O–H groups in total. The Labute approximate surface area is 106 Å². The van der Waals surface area contributed by atoms with Crippen molar-refractivity contribution in [2.45, 2.75) is 13.8 Å². The topological polar surface area (TPSA) is 56.1 Å². The molecular formula is C12H14ClN3O. The Morgan fingerprint density at radius 2 is 2.29 bits per heavy atom. The predicted molar refractivity (Wildman–Crippen MR) is 68.1 cm³/mol. The first kappa shape index (κ1) is 13.3. The van der Waals surface area contributed by atoms with Crippen molar-refractivity contribution >= 4 is 23.3 Å². The molecule has 0 aliphatic heterocycles. The van der Waals surface area contributed by atoms with E-state index in [0.29, 0.717) is 17.3 Å². The van der Waals surface area contributed by atoms with Crippen LogP contribution >= 0.6 is 11.6 Å². The zero-order valence-corrected chi connectivity index (χ0v) is 10.6. The smallest absolute Gasteiger partial charge is 0.311 e. The molecule has 0 atom stereocenters. The molecule has 0 radical (unpaired) electrons. The third-order valence-corrected chi connectivity index (χ3v) is 2.76. The number of nitriles is 1. The van der Waals surface area contributed by atoms with Crippen LogP contribution in [0.2, 0.25) is 5.02 Å². The van der Waals surface area contributed by atoms with E-state index in [2.05, 4.69) is 5.32 Å². The molecule has 0 fully saturated rings. The number of nitrogens with one attached hydrogen (secondary N) is 1. The van der Waals surface area contributed by atoms with Crippen LogP contribution in [0.25, 0.3) is 0 Å². The van der Waals surface area contributed by atoms with Gasteiger partial charge in [0.2, 0.25) is 0 Å². The largest absolute Gasteiger partial charge is 0.322 e. The van der Waals surface area contributed by atoms with Crippen LogP contribution in [0.4, 0.5) is 10.5 Å². The van der Waals surface area contributed by atoms with Crippen molar-refractivity contribution in [3.8, 4) is 6.07 Å². The van der Waals surface area contributed by atoms with Crippen molar-refractivity contribution in [1.82, 2.24) is 4.90 Å². The molecule has 5 heteroatoms. The number of anilines is 1. The zero-order chi connectivity index (χ0) is 12.8. The third kappa shape index (κ3) is 3.65. The number of nitrogens with zero attached hydrogens (tertiary/aromatic N) is 2. The molecular weight excluding hydrogens is 238 g/mol. The Morgan fingerprint density at radius 3 is 2.82 bits per heavy atom. The first-order chi connectivity index (χ1) is 8.08. The molecule has 0 bridgehead atoms. The summed E-state index contributed by atoms with van der Waals surface area (Å²) in [7, 11) is 0. The number of aryl methyl sites for hydroxylation is 1.